The Morgan fingerprint density at radius 3 is 2.25 bits per heavy atom. The van der Waals surface area contributed by atoms with Gasteiger partial charge < -0.3 is 4.90 Å². The summed E-state index contributed by atoms with van der Waals surface area (Å²) in [5.74, 6) is 0.739. The summed E-state index contributed by atoms with van der Waals surface area (Å²) in [4.78, 5) is 3.11. The molecule has 0 aliphatic rings. The van der Waals surface area contributed by atoms with Crippen LogP contribution in [0.15, 0.2) is 11.8 Å². The zero-order valence-electron chi connectivity index (χ0n) is 8.16. The Bertz CT molecular complexity index is 185. The standard InChI is InChI=1S/C9H17NS2/c1-7(2)10(6-11)8(3)5-9(4)12/h5,7,11H,6H2,1-4H3/b8-5-. The average Bonchev–Trinajstić information content (AvgIpc) is 1.85. The number of allylic oxidation sites excluding steroid dienone is 2. The Morgan fingerprint density at radius 1 is 1.50 bits per heavy atom. The van der Waals surface area contributed by atoms with Gasteiger partial charge in [-0.1, -0.05) is 12.2 Å². The Labute approximate surface area is 86.2 Å². The third kappa shape index (κ3) is 4.12. The molecule has 0 N–H and O–H groups in total. The lowest BCUT2D eigenvalue weighted by atomic mass is 10.3. The monoisotopic (exact) mass is 203 g/mol. The molecule has 0 aliphatic heterocycles. The van der Waals surface area contributed by atoms with E-state index in [1.165, 1.54) is 5.70 Å². The highest BCUT2D eigenvalue weighted by molar-refractivity contribution is 7.80. The maximum absolute atomic E-state index is 5.00. The molecule has 0 heterocycles. The van der Waals surface area contributed by atoms with E-state index in [2.05, 4.69) is 38.3 Å². The first-order valence-corrected chi connectivity index (χ1v) is 5.09. The predicted octanol–water partition coefficient (Wildman–Crippen LogP) is 2.88. The highest BCUT2D eigenvalue weighted by Crippen LogP contribution is 2.09. The van der Waals surface area contributed by atoms with Crippen LogP contribution in [-0.2, 0) is 0 Å². The molecule has 70 valence electrons. The van der Waals surface area contributed by atoms with Gasteiger partial charge in [-0.2, -0.15) is 12.6 Å². The summed E-state index contributed by atoms with van der Waals surface area (Å²) >= 11 is 9.26. The van der Waals surface area contributed by atoms with Crippen molar-refractivity contribution in [2.24, 2.45) is 0 Å². The Balaban J connectivity index is 4.40. The van der Waals surface area contributed by atoms with Crippen molar-refractivity contribution in [1.82, 2.24) is 4.90 Å². The van der Waals surface area contributed by atoms with E-state index in [-0.39, 0.29) is 0 Å². The number of hydrogen-bond donors (Lipinski definition) is 1. The van der Waals surface area contributed by atoms with Crippen LogP contribution in [0.1, 0.15) is 27.7 Å². The molecule has 0 saturated heterocycles. The summed E-state index contributed by atoms with van der Waals surface area (Å²) in [6.07, 6.45) is 2.01. The number of nitrogens with zero attached hydrogens (tertiary/aromatic N) is 1. The van der Waals surface area contributed by atoms with Gasteiger partial charge in [-0.3, -0.25) is 0 Å². The minimum Gasteiger partial charge on any atom is -0.364 e. The first-order chi connectivity index (χ1) is 5.49. The summed E-state index contributed by atoms with van der Waals surface area (Å²) < 4.78 is 0. The predicted molar refractivity (Wildman–Crippen MR) is 62.9 cm³/mol. The van der Waals surface area contributed by atoms with Gasteiger partial charge in [-0.05, 0) is 33.8 Å². The van der Waals surface area contributed by atoms with E-state index in [0.29, 0.717) is 6.04 Å². The fraction of sp³-hybridized carbons (Fsp3) is 0.667. The SMILES string of the molecule is CC(=S)/C=C(/C)N(CS)C(C)C. The van der Waals surface area contributed by atoms with Gasteiger partial charge in [0.2, 0.25) is 0 Å². The molecule has 0 rings (SSSR count). The Kier molecular flexibility index (Phi) is 5.59. The van der Waals surface area contributed by atoms with Crippen molar-refractivity contribution in [3.63, 3.8) is 0 Å². The second-order valence-corrected chi connectivity index (χ2v) is 4.03. The quantitative estimate of drug-likeness (QED) is 0.324. The Morgan fingerprint density at radius 2 is 2.00 bits per heavy atom. The smallest absolute Gasteiger partial charge is 0.0609 e. The van der Waals surface area contributed by atoms with Crippen LogP contribution < -0.4 is 0 Å². The van der Waals surface area contributed by atoms with Crippen molar-refractivity contribution < 1.29 is 0 Å². The van der Waals surface area contributed by atoms with Gasteiger partial charge in [-0.25, -0.2) is 0 Å². The van der Waals surface area contributed by atoms with Crippen LogP contribution >= 0.6 is 24.8 Å². The molecule has 0 saturated carbocycles. The van der Waals surface area contributed by atoms with Crippen molar-refractivity contribution >= 4 is 29.7 Å². The molecule has 1 nitrogen and oxygen atoms in total. The van der Waals surface area contributed by atoms with Crippen LogP contribution in [0, 0.1) is 0 Å². The summed E-state index contributed by atoms with van der Waals surface area (Å²) in [6.45, 7) is 8.28. The fourth-order valence-electron chi connectivity index (χ4n) is 1.06. The van der Waals surface area contributed by atoms with Crippen molar-refractivity contribution in [2.75, 3.05) is 5.88 Å². The highest BCUT2D eigenvalue weighted by atomic mass is 32.1. The van der Waals surface area contributed by atoms with Crippen molar-refractivity contribution in [1.29, 1.82) is 0 Å². The van der Waals surface area contributed by atoms with Gasteiger partial charge in [-0.15, -0.1) is 0 Å². The van der Waals surface area contributed by atoms with Gasteiger partial charge in [0.15, 0.2) is 0 Å². The van der Waals surface area contributed by atoms with Gasteiger partial charge in [0.25, 0.3) is 0 Å². The lowest BCUT2D eigenvalue weighted by molar-refractivity contribution is 0.333. The second kappa shape index (κ2) is 5.60. The van der Waals surface area contributed by atoms with E-state index >= 15 is 0 Å². The Hall–Kier alpha value is -0.0200. The molecule has 3 heteroatoms. The van der Waals surface area contributed by atoms with E-state index in [0.717, 1.165) is 10.7 Å². The molecule has 0 aliphatic carbocycles. The molecule has 0 aromatic heterocycles. The molecule has 0 radical (unpaired) electrons. The lowest BCUT2D eigenvalue weighted by Crippen LogP contribution is -2.28. The average molecular weight is 203 g/mol. The molecule has 0 atom stereocenters. The third-order valence-corrected chi connectivity index (χ3v) is 2.06. The van der Waals surface area contributed by atoms with Crippen molar-refractivity contribution in [3.8, 4) is 0 Å². The summed E-state index contributed by atoms with van der Waals surface area (Å²) in [6, 6.07) is 0.480. The second-order valence-electron chi connectivity index (χ2n) is 3.10. The molecular weight excluding hydrogens is 186 g/mol. The van der Waals surface area contributed by atoms with Crippen LogP contribution in [-0.4, -0.2) is 21.7 Å². The molecule has 0 amide bonds. The minimum absolute atomic E-state index is 0.480. The van der Waals surface area contributed by atoms with Crippen LogP contribution in [0.5, 0.6) is 0 Å². The van der Waals surface area contributed by atoms with Crippen molar-refractivity contribution in [2.45, 2.75) is 33.7 Å². The molecule has 0 spiro atoms. The van der Waals surface area contributed by atoms with E-state index in [9.17, 15) is 0 Å². The molecule has 0 bridgehead atoms. The summed E-state index contributed by atoms with van der Waals surface area (Å²) in [7, 11) is 0. The number of thiol groups is 1. The van der Waals surface area contributed by atoms with Crippen LogP contribution in [0.25, 0.3) is 0 Å². The zero-order valence-corrected chi connectivity index (χ0v) is 9.88. The molecule has 0 aromatic rings. The summed E-state index contributed by atoms with van der Waals surface area (Å²) in [5.41, 5.74) is 1.19. The molecule has 12 heavy (non-hydrogen) atoms. The van der Waals surface area contributed by atoms with Crippen molar-refractivity contribution in [3.05, 3.63) is 11.8 Å². The largest absolute Gasteiger partial charge is 0.364 e. The lowest BCUT2D eigenvalue weighted by Gasteiger charge is -2.27. The number of hydrogen-bond acceptors (Lipinski definition) is 3. The van der Waals surface area contributed by atoms with Crippen LogP contribution in [0.2, 0.25) is 0 Å². The third-order valence-electron chi connectivity index (χ3n) is 1.64. The topological polar surface area (TPSA) is 3.24 Å². The fourth-order valence-corrected chi connectivity index (χ4v) is 1.78. The number of rotatable bonds is 4. The maximum atomic E-state index is 5.00. The highest BCUT2D eigenvalue weighted by Gasteiger charge is 2.06. The molecular formula is C9H17NS2. The molecule has 0 fully saturated rings. The van der Waals surface area contributed by atoms with Gasteiger partial charge in [0, 0.05) is 16.6 Å². The van der Waals surface area contributed by atoms with Crippen LogP contribution in [0.3, 0.4) is 0 Å². The first kappa shape index (κ1) is 12.0. The molecule has 0 unspecified atom stereocenters. The number of thiocarbonyl (C=S) groups is 1. The normalized spacial score (nSPS) is 12.0. The maximum Gasteiger partial charge on any atom is 0.0609 e. The van der Waals surface area contributed by atoms with E-state index in [1.807, 2.05) is 13.0 Å². The minimum atomic E-state index is 0.480. The van der Waals surface area contributed by atoms with E-state index in [1.54, 1.807) is 0 Å². The van der Waals surface area contributed by atoms with E-state index < -0.39 is 0 Å². The van der Waals surface area contributed by atoms with Gasteiger partial charge in [0.05, 0.1) is 5.88 Å². The van der Waals surface area contributed by atoms with Crippen LogP contribution in [0.4, 0.5) is 0 Å². The zero-order chi connectivity index (χ0) is 9.72. The first-order valence-electron chi connectivity index (χ1n) is 4.05. The molecule has 0 aromatic carbocycles. The van der Waals surface area contributed by atoms with Gasteiger partial charge >= 0.3 is 0 Å². The van der Waals surface area contributed by atoms with E-state index in [4.69, 9.17) is 12.2 Å². The van der Waals surface area contributed by atoms with Gasteiger partial charge in [0.1, 0.15) is 0 Å². The summed E-state index contributed by atoms with van der Waals surface area (Å²) in [5, 5.41) is 0.